The number of ether oxygens (including phenoxy) is 3. The summed E-state index contributed by atoms with van der Waals surface area (Å²) in [5.41, 5.74) is 7.92. The first-order chi connectivity index (χ1) is 24.7. The summed E-state index contributed by atoms with van der Waals surface area (Å²) in [5, 5.41) is 0. The van der Waals surface area contributed by atoms with Crippen molar-refractivity contribution < 1.29 is 28.6 Å². The minimum atomic E-state index is -0.668. The number of nitrogens with zero attached hydrogens (tertiary/aromatic N) is 3. The molecule has 0 spiro atoms. The lowest BCUT2D eigenvalue weighted by Gasteiger charge is -2.36. The Morgan fingerprint density at radius 1 is 0.547 bits per heavy atom. The van der Waals surface area contributed by atoms with Crippen LogP contribution in [0.3, 0.4) is 0 Å². The predicted octanol–water partition coefficient (Wildman–Crippen LogP) is 6.51. The quantitative estimate of drug-likeness (QED) is 0.0883. The third-order valence-electron chi connectivity index (χ3n) is 7.94. The molecule has 0 aliphatic rings. The second-order valence-corrected chi connectivity index (χ2v) is 16.7. The zero-order chi connectivity index (χ0) is 39.2. The molecule has 0 fully saturated rings. The summed E-state index contributed by atoms with van der Waals surface area (Å²) in [4.78, 5) is 46.2. The molecule has 3 aromatic rings. The third-order valence-corrected chi connectivity index (χ3v) is 7.94. The molecular formula is C43H62N4O6. The van der Waals surface area contributed by atoms with E-state index in [4.69, 9.17) is 19.9 Å². The van der Waals surface area contributed by atoms with Gasteiger partial charge in [0.2, 0.25) is 0 Å². The van der Waals surface area contributed by atoms with E-state index in [0.717, 1.165) is 16.7 Å². The van der Waals surface area contributed by atoms with E-state index >= 15 is 0 Å². The van der Waals surface area contributed by atoms with Gasteiger partial charge in [-0.15, -0.1) is 0 Å². The van der Waals surface area contributed by atoms with Crippen LogP contribution in [0.4, 0.5) is 5.69 Å². The van der Waals surface area contributed by atoms with Crippen molar-refractivity contribution in [3.05, 3.63) is 102 Å². The van der Waals surface area contributed by atoms with E-state index in [1.165, 1.54) is 0 Å². The second-order valence-electron chi connectivity index (χ2n) is 16.7. The Kier molecular flexibility index (Phi) is 16.1. The first-order valence-electron chi connectivity index (χ1n) is 18.5. The Labute approximate surface area is 317 Å². The van der Waals surface area contributed by atoms with Crippen LogP contribution in [0, 0.1) is 0 Å². The molecule has 0 saturated carbocycles. The molecule has 1 unspecified atom stereocenters. The van der Waals surface area contributed by atoms with Crippen molar-refractivity contribution in [3.63, 3.8) is 0 Å². The van der Waals surface area contributed by atoms with Crippen LogP contribution >= 0.6 is 0 Å². The maximum atomic E-state index is 13.5. The maximum absolute atomic E-state index is 13.5. The first-order valence-corrected chi connectivity index (χ1v) is 18.5. The van der Waals surface area contributed by atoms with Gasteiger partial charge in [-0.05, 0) is 97.6 Å². The van der Waals surface area contributed by atoms with E-state index in [9.17, 15) is 14.4 Å². The first kappa shape index (κ1) is 43.2. The summed E-state index contributed by atoms with van der Waals surface area (Å²) in [6, 6.07) is 27.5. The van der Waals surface area contributed by atoms with Gasteiger partial charge in [0.1, 0.15) is 16.8 Å². The number of anilines is 1. The lowest BCUT2D eigenvalue weighted by molar-refractivity contribution is -0.159. The fourth-order valence-corrected chi connectivity index (χ4v) is 5.89. The monoisotopic (exact) mass is 730 g/mol. The van der Waals surface area contributed by atoms with Crippen molar-refractivity contribution >= 4 is 23.6 Å². The number of hydrogen-bond donors (Lipinski definition) is 1. The fourth-order valence-electron chi connectivity index (χ4n) is 5.89. The maximum Gasteiger partial charge on any atom is 0.320 e. The van der Waals surface area contributed by atoms with E-state index in [-0.39, 0.29) is 43.6 Å². The molecule has 0 aliphatic carbocycles. The van der Waals surface area contributed by atoms with Crippen molar-refractivity contribution in [2.45, 2.75) is 105 Å². The van der Waals surface area contributed by atoms with Crippen molar-refractivity contribution in [3.8, 4) is 0 Å². The van der Waals surface area contributed by atoms with Crippen LogP contribution in [0.25, 0.3) is 0 Å². The largest absolute Gasteiger partial charge is 0.459 e. The van der Waals surface area contributed by atoms with E-state index in [2.05, 4.69) is 9.80 Å². The van der Waals surface area contributed by atoms with E-state index < -0.39 is 16.8 Å². The molecule has 2 N–H and O–H groups in total. The van der Waals surface area contributed by atoms with Crippen LogP contribution in [0.5, 0.6) is 0 Å². The molecule has 3 rings (SSSR count). The van der Waals surface area contributed by atoms with Gasteiger partial charge in [0, 0.05) is 44.5 Å². The van der Waals surface area contributed by atoms with Gasteiger partial charge in [-0.1, -0.05) is 72.8 Å². The molecule has 0 heterocycles. The Morgan fingerprint density at radius 3 is 1.43 bits per heavy atom. The minimum Gasteiger partial charge on any atom is -0.459 e. The molecule has 290 valence electrons. The van der Waals surface area contributed by atoms with Gasteiger partial charge in [0.15, 0.2) is 0 Å². The number of rotatable bonds is 18. The lowest BCUT2D eigenvalue weighted by atomic mass is 10.0. The second kappa shape index (κ2) is 19.7. The molecule has 0 aromatic heterocycles. The van der Waals surface area contributed by atoms with Crippen LogP contribution in [-0.2, 0) is 48.1 Å². The molecule has 3 aromatic carbocycles. The molecule has 0 radical (unpaired) electrons. The molecule has 0 amide bonds. The molecular weight excluding hydrogens is 668 g/mol. The normalized spacial score (nSPS) is 12.9. The Morgan fingerprint density at radius 2 is 0.962 bits per heavy atom. The highest BCUT2D eigenvalue weighted by Crippen LogP contribution is 2.19. The fraction of sp³-hybridized carbons (Fsp3) is 0.512. The summed E-state index contributed by atoms with van der Waals surface area (Å²) in [6.07, 6.45) is 0.576. The molecule has 0 bridgehead atoms. The van der Waals surface area contributed by atoms with Crippen LogP contribution in [0.2, 0.25) is 0 Å². The van der Waals surface area contributed by atoms with Gasteiger partial charge < -0.3 is 19.9 Å². The zero-order valence-corrected chi connectivity index (χ0v) is 33.4. The van der Waals surface area contributed by atoms with Crippen molar-refractivity contribution in [2.75, 3.05) is 45.0 Å². The van der Waals surface area contributed by atoms with E-state index in [0.29, 0.717) is 44.8 Å². The van der Waals surface area contributed by atoms with Gasteiger partial charge >= 0.3 is 17.9 Å². The summed E-state index contributed by atoms with van der Waals surface area (Å²) in [5.74, 6) is -1.01. The minimum absolute atomic E-state index is 0.0206. The highest BCUT2D eigenvalue weighted by molar-refractivity contribution is 5.73. The third kappa shape index (κ3) is 18.4. The van der Waals surface area contributed by atoms with Gasteiger partial charge in [-0.2, -0.15) is 0 Å². The number of carbonyl (C=O) groups is 3. The molecule has 10 nitrogen and oxygen atoms in total. The lowest BCUT2D eigenvalue weighted by Crippen LogP contribution is -2.50. The number of hydrogen-bond acceptors (Lipinski definition) is 10. The molecule has 53 heavy (non-hydrogen) atoms. The standard InChI is InChI=1S/C43H62N4O6/c1-41(2,3)51-38(48)30-45(27-34-16-12-10-13-17-34)24-25-46(31-39(49)52-42(4,5)6)29-37(26-33-20-22-36(44)23-21-33)47(28-35-18-14-11-15-19-35)32-40(50)53-43(7,8)9/h10-23,37H,24-32,44H2,1-9H3. The SMILES string of the molecule is CC(C)(C)OC(=O)CN(CCN(CC(=O)OC(C)(C)C)CC(Cc1ccc(N)cc1)N(CC(=O)OC(C)(C)C)Cc1ccccc1)Cc1ccccc1. The number of nitrogens with two attached hydrogens (primary N) is 1. The van der Waals surface area contributed by atoms with Gasteiger partial charge in [0.05, 0.1) is 19.6 Å². The average Bonchev–Trinajstić information content (AvgIpc) is 3.02. The summed E-state index contributed by atoms with van der Waals surface area (Å²) < 4.78 is 17.3. The Bertz CT molecular complexity index is 1560. The van der Waals surface area contributed by atoms with Gasteiger partial charge in [0.25, 0.3) is 0 Å². The molecule has 10 heteroatoms. The smallest absolute Gasteiger partial charge is 0.320 e. The number of carbonyl (C=O) groups excluding carboxylic acids is 3. The summed E-state index contributed by atoms with van der Waals surface area (Å²) in [7, 11) is 0. The Hall–Kier alpha value is -4.25. The van der Waals surface area contributed by atoms with E-state index in [1.807, 2.05) is 152 Å². The van der Waals surface area contributed by atoms with Crippen LogP contribution in [0.1, 0.15) is 79.0 Å². The number of benzene rings is 3. The van der Waals surface area contributed by atoms with Crippen molar-refractivity contribution in [1.29, 1.82) is 0 Å². The highest BCUT2D eigenvalue weighted by atomic mass is 16.6. The van der Waals surface area contributed by atoms with Crippen LogP contribution in [-0.4, -0.2) is 94.7 Å². The number of nitrogen functional groups attached to an aromatic ring is 1. The summed E-state index contributed by atoms with van der Waals surface area (Å²) in [6.45, 7) is 19.2. The van der Waals surface area contributed by atoms with Gasteiger partial charge in [-0.25, -0.2) is 0 Å². The molecule has 0 aliphatic heterocycles. The average molecular weight is 731 g/mol. The summed E-state index contributed by atoms with van der Waals surface area (Å²) >= 11 is 0. The van der Waals surface area contributed by atoms with Crippen molar-refractivity contribution in [1.82, 2.24) is 14.7 Å². The van der Waals surface area contributed by atoms with Crippen LogP contribution in [0.15, 0.2) is 84.9 Å². The van der Waals surface area contributed by atoms with Crippen LogP contribution < -0.4 is 5.73 Å². The zero-order valence-electron chi connectivity index (χ0n) is 33.4. The topological polar surface area (TPSA) is 115 Å². The number of esters is 3. The van der Waals surface area contributed by atoms with Crippen molar-refractivity contribution in [2.24, 2.45) is 0 Å². The van der Waals surface area contributed by atoms with E-state index in [1.54, 1.807) is 0 Å². The predicted molar refractivity (Wildman–Crippen MR) is 211 cm³/mol. The Balaban J connectivity index is 2.01. The molecule has 0 saturated heterocycles. The molecule has 1 atom stereocenters. The highest BCUT2D eigenvalue weighted by Gasteiger charge is 2.29. The van der Waals surface area contributed by atoms with Gasteiger partial charge in [-0.3, -0.25) is 29.1 Å².